The molecule has 0 aliphatic heterocycles. The Kier molecular flexibility index (Phi) is 4.59. The highest BCUT2D eigenvalue weighted by molar-refractivity contribution is 5.48. The van der Waals surface area contributed by atoms with Crippen molar-refractivity contribution >= 4 is 6.41 Å². The fourth-order valence-electron chi connectivity index (χ4n) is 2.81. The molecule has 1 fully saturated rings. The number of rotatable bonds is 4. The second-order valence-corrected chi connectivity index (χ2v) is 5.67. The smallest absolute Gasteiger partial charge is 0.210 e. The summed E-state index contributed by atoms with van der Waals surface area (Å²) < 4.78 is 0. The lowest BCUT2D eigenvalue weighted by molar-refractivity contribution is -0.122. The molecule has 1 aliphatic rings. The van der Waals surface area contributed by atoms with E-state index in [0.29, 0.717) is 6.54 Å². The molecule has 2 rings (SSSR count). The molecule has 0 unspecified atom stereocenters. The Morgan fingerprint density at radius 1 is 1.26 bits per heavy atom. The maximum Gasteiger partial charge on any atom is 0.210 e. The molecular formula is C16H23NO2. The van der Waals surface area contributed by atoms with E-state index in [1.807, 2.05) is 4.90 Å². The largest absolute Gasteiger partial charge is 0.393 e. The third kappa shape index (κ3) is 3.57. The van der Waals surface area contributed by atoms with Crippen LogP contribution < -0.4 is 0 Å². The average molecular weight is 261 g/mol. The van der Waals surface area contributed by atoms with Crippen molar-refractivity contribution in [2.75, 3.05) is 0 Å². The second-order valence-electron chi connectivity index (χ2n) is 5.67. The first-order valence-corrected chi connectivity index (χ1v) is 7.05. The van der Waals surface area contributed by atoms with E-state index in [2.05, 4.69) is 32.0 Å². The van der Waals surface area contributed by atoms with Crippen molar-refractivity contribution in [3.8, 4) is 0 Å². The van der Waals surface area contributed by atoms with E-state index in [1.165, 1.54) is 16.7 Å². The summed E-state index contributed by atoms with van der Waals surface area (Å²) in [5.74, 6) is 0. The van der Waals surface area contributed by atoms with Gasteiger partial charge in [0.1, 0.15) is 0 Å². The summed E-state index contributed by atoms with van der Waals surface area (Å²) in [6.07, 6.45) is 4.22. The highest BCUT2D eigenvalue weighted by Gasteiger charge is 2.24. The SMILES string of the molecule is Cc1ccc(C)c(CN(C=O)C2CCC(O)CC2)c1. The Labute approximate surface area is 115 Å². The minimum atomic E-state index is -0.176. The average Bonchev–Trinajstić information content (AvgIpc) is 2.41. The molecule has 0 saturated heterocycles. The van der Waals surface area contributed by atoms with E-state index >= 15 is 0 Å². The zero-order chi connectivity index (χ0) is 13.8. The minimum Gasteiger partial charge on any atom is -0.393 e. The molecular weight excluding hydrogens is 238 g/mol. The zero-order valence-corrected chi connectivity index (χ0v) is 11.8. The predicted octanol–water partition coefficient (Wildman–Crippen LogP) is 2.57. The van der Waals surface area contributed by atoms with Crippen LogP contribution in [0.3, 0.4) is 0 Å². The fourth-order valence-corrected chi connectivity index (χ4v) is 2.81. The number of aryl methyl sites for hydroxylation is 2. The van der Waals surface area contributed by atoms with Crippen LogP contribution in [0.2, 0.25) is 0 Å². The van der Waals surface area contributed by atoms with E-state index in [4.69, 9.17) is 0 Å². The number of amides is 1. The summed E-state index contributed by atoms with van der Waals surface area (Å²) in [6, 6.07) is 6.64. The van der Waals surface area contributed by atoms with Gasteiger partial charge in [0.2, 0.25) is 6.41 Å². The number of nitrogens with zero attached hydrogens (tertiary/aromatic N) is 1. The molecule has 0 spiro atoms. The van der Waals surface area contributed by atoms with E-state index < -0.39 is 0 Å². The van der Waals surface area contributed by atoms with Crippen LogP contribution in [0.25, 0.3) is 0 Å². The quantitative estimate of drug-likeness (QED) is 0.846. The minimum absolute atomic E-state index is 0.176. The van der Waals surface area contributed by atoms with Crippen molar-refractivity contribution in [3.63, 3.8) is 0 Å². The number of aliphatic hydroxyl groups is 1. The summed E-state index contributed by atoms with van der Waals surface area (Å²) in [5, 5.41) is 9.54. The van der Waals surface area contributed by atoms with Gasteiger partial charge in [0, 0.05) is 12.6 Å². The summed E-state index contributed by atoms with van der Waals surface area (Å²) >= 11 is 0. The maximum absolute atomic E-state index is 11.3. The predicted molar refractivity (Wildman–Crippen MR) is 75.8 cm³/mol. The molecule has 104 valence electrons. The van der Waals surface area contributed by atoms with E-state index in [0.717, 1.165) is 32.1 Å². The molecule has 0 aromatic heterocycles. The molecule has 1 aromatic rings. The zero-order valence-electron chi connectivity index (χ0n) is 11.8. The lowest BCUT2D eigenvalue weighted by atomic mass is 9.92. The number of hydrogen-bond acceptors (Lipinski definition) is 2. The summed E-state index contributed by atoms with van der Waals surface area (Å²) in [4.78, 5) is 13.2. The second kappa shape index (κ2) is 6.20. The van der Waals surface area contributed by atoms with Crippen molar-refractivity contribution in [1.82, 2.24) is 4.90 Å². The molecule has 1 aliphatic carbocycles. The van der Waals surface area contributed by atoms with Gasteiger partial charge in [-0.05, 0) is 50.7 Å². The Balaban J connectivity index is 2.06. The van der Waals surface area contributed by atoms with Crippen LogP contribution in [0, 0.1) is 13.8 Å². The summed E-state index contributed by atoms with van der Waals surface area (Å²) in [5.41, 5.74) is 3.68. The molecule has 3 nitrogen and oxygen atoms in total. The molecule has 3 heteroatoms. The maximum atomic E-state index is 11.3. The molecule has 1 aromatic carbocycles. The Morgan fingerprint density at radius 2 is 1.95 bits per heavy atom. The molecule has 0 atom stereocenters. The highest BCUT2D eigenvalue weighted by atomic mass is 16.3. The number of benzene rings is 1. The molecule has 0 heterocycles. The third-order valence-corrected chi connectivity index (χ3v) is 4.13. The van der Waals surface area contributed by atoms with Crippen LogP contribution in [0.1, 0.15) is 42.4 Å². The Hall–Kier alpha value is -1.35. The first-order chi connectivity index (χ1) is 9.10. The van der Waals surface area contributed by atoms with Crippen molar-refractivity contribution in [2.24, 2.45) is 0 Å². The van der Waals surface area contributed by atoms with Crippen molar-refractivity contribution in [3.05, 3.63) is 34.9 Å². The normalized spacial score (nSPS) is 23.1. The fraction of sp³-hybridized carbons (Fsp3) is 0.562. The van der Waals surface area contributed by atoms with Crippen LogP contribution in [0.5, 0.6) is 0 Å². The number of carbonyl (C=O) groups is 1. The van der Waals surface area contributed by atoms with Gasteiger partial charge in [0.05, 0.1) is 6.10 Å². The molecule has 1 N–H and O–H groups in total. The molecule has 0 radical (unpaired) electrons. The van der Waals surface area contributed by atoms with Gasteiger partial charge in [0.15, 0.2) is 0 Å². The van der Waals surface area contributed by atoms with Crippen molar-refractivity contribution in [2.45, 2.75) is 58.2 Å². The highest BCUT2D eigenvalue weighted by Crippen LogP contribution is 2.24. The molecule has 0 bridgehead atoms. The van der Waals surface area contributed by atoms with Gasteiger partial charge in [-0.25, -0.2) is 0 Å². The van der Waals surface area contributed by atoms with E-state index in [-0.39, 0.29) is 12.1 Å². The van der Waals surface area contributed by atoms with Crippen LogP contribution in [-0.4, -0.2) is 28.6 Å². The lowest BCUT2D eigenvalue weighted by Crippen LogP contribution is -2.37. The third-order valence-electron chi connectivity index (χ3n) is 4.13. The molecule has 1 amide bonds. The topological polar surface area (TPSA) is 40.5 Å². The lowest BCUT2D eigenvalue weighted by Gasteiger charge is -2.33. The number of carbonyl (C=O) groups excluding carboxylic acids is 1. The van der Waals surface area contributed by atoms with Gasteiger partial charge in [-0.3, -0.25) is 4.79 Å². The van der Waals surface area contributed by atoms with Crippen LogP contribution >= 0.6 is 0 Å². The van der Waals surface area contributed by atoms with Gasteiger partial charge in [0.25, 0.3) is 0 Å². The van der Waals surface area contributed by atoms with E-state index in [1.54, 1.807) is 0 Å². The first kappa shape index (κ1) is 14.1. The van der Waals surface area contributed by atoms with Gasteiger partial charge in [-0.2, -0.15) is 0 Å². The Bertz CT molecular complexity index is 436. The van der Waals surface area contributed by atoms with E-state index in [9.17, 15) is 9.90 Å². The standard InChI is InChI=1S/C16H23NO2/c1-12-3-4-13(2)14(9-12)10-17(11-18)15-5-7-16(19)8-6-15/h3-4,9,11,15-16,19H,5-8,10H2,1-2H3. The number of aliphatic hydroxyl groups excluding tert-OH is 1. The van der Waals surface area contributed by atoms with Gasteiger partial charge < -0.3 is 10.0 Å². The van der Waals surface area contributed by atoms with Gasteiger partial charge >= 0.3 is 0 Å². The monoisotopic (exact) mass is 261 g/mol. The van der Waals surface area contributed by atoms with Crippen LogP contribution in [0.4, 0.5) is 0 Å². The first-order valence-electron chi connectivity index (χ1n) is 7.05. The molecule has 19 heavy (non-hydrogen) atoms. The van der Waals surface area contributed by atoms with Crippen molar-refractivity contribution < 1.29 is 9.90 Å². The van der Waals surface area contributed by atoms with Crippen LogP contribution in [-0.2, 0) is 11.3 Å². The van der Waals surface area contributed by atoms with Gasteiger partial charge in [-0.1, -0.05) is 23.8 Å². The summed E-state index contributed by atoms with van der Waals surface area (Å²) in [6.45, 7) is 4.84. The van der Waals surface area contributed by atoms with Crippen molar-refractivity contribution in [1.29, 1.82) is 0 Å². The molecule has 1 saturated carbocycles. The Morgan fingerprint density at radius 3 is 2.58 bits per heavy atom. The summed E-state index contributed by atoms with van der Waals surface area (Å²) in [7, 11) is 0. The van der Waals surface area contributed by atoms with Gasteiger partial charge in [-0.15, -0.1) is 0 Å². The number of hydrogen-bond donors (Lipinski definition) is 1. The van der Waals surface area contributed by atoms with Crippen LogP contribution in [0.15, 0.2) is 18.2 Å².